The van der Waals surface area contributed by atoms with E-state index in [0.717, 1.165) is 19.1 Å². The Morgan fingerprint density at radius 3 is 3.25 bits per heavy atom. The Balaban J connectivity index is 2.04. The molecule has 2 aliphatic rings. The van der Waals surface area contributed by atoms with Crippen LogP contribution in [0.15, 0.2) is 0 Å². The Kier molecular flexibility index (Phi) is 1.02. The molecular weight excluding hydrogens is 102 g/mol. The molecule has 0 unspecified atom stereocenters. The van der Waals surface area contributed by atoms with E-state index in [1.54, 1.807) is 0 Å². The molecule has 1 N–H and O–H groups in total. The van der Waals surface area contributed by atoms with Crippen LogP contribution in [0.3, 0.4) is 0 Å². The lowest BCUT2D eigenvalue weighted by atomic mass is 10.1. The molecule has 2 heterocycles. The molecule has 2 nitrogen and oxygen atoms in total. The molecule has 2 aliphatic heterocycles. The summed E-state index contributed by atoms with van der Waals surface area (Å²) in [7, 11) is 0. The van der Waals surface area contributed by atoms with Crippen molar-refractivity contribution in [3.63, 3.8) is 0 Å². The van der Waals surface area contributed by atoms with Gasteiger partial charge < -0.3 is 10.1 Å². The summed E-state index contributed by atoms with van der Waals surface area (Å²) in [5.74, 6) is 0.843. The van der Waals surface area contributed by atoms with Gasteiger partial charge in [-0.25, -0.2) is 0 Å². The number of hydrogen-bond donors (Lipinski definition) is 1. The van der Waals surface area contributed by atoms with Crippen molar-refractivity contribution >= 4 is 0 Å². The number of ether oxygens (including phenoxy) is 1. The average Bonchev–Trinajstić information content (AvgIpc) is 2.15. The Bertz CT molecular complexity index is 74.5. The summed E-state index contributed by atoms with van der Waals surface area (Å²) in [6, 6.07) is 0.704. The van der Waals surface area contributed by atoms with Crippen molar-refractivity contribution in [3.05, 3.63) is 0 Å². The zero-order valence-electron chi connectivity index (χ0n) is 4.89. The normalized spacial score (nSPS) is 45.0. The Morgan fingerprint density at radius 1 is 1.38 bits per heavy atom. The second kappa shape index (κ2) is 1.71. The van der Waals surface area contributed by atoms with Crippen molar-refractivity contribution in [1.82, 2.24) is 5.32 Å². The fourth-order valence-electron chi connectivity index (χ4n) is 1.56. The molecule has 0 aromatic rings. The third kappa shape index (κ3) is 0.565. The lowest BCUT2D eigenvalue weighted by Crippen LogP contribution is -2.25. The number of nitrogens with one attached hydrogen (secondary N) is 1. The molecule has 0 aliphatic carbocycles. The predicted octanol–water partition coefficient (Wildman–Crippen LogP) is -0.00530. The average molecular weight is 113 g/mol. The molecule has 0 spiro atoms. The van der Waals surface area contributed by atoms with Crippen LogP contribution >= 0.6 is 0 Å². The van der Waals surface area contributed by atoms with E-state index >= 15 is 0 Å². The minimum Gasteiger partial charge on any atom is -0.379 e. The molecular formula is C6H11NO. The molecule has 0 bridgehead atoms. The molecule has 0 saturated carbocycles. The van der Waals surface area contributed by atoms with Crippen LogP contribution in [0, 0.1) is 5.92 Å². The predicted molar refractivity (Wildman–Crippen MR) is 30.7 cm³/mol. The van der Waals surface area contributed by atoms with E-state index in [9.17, 15) is 0 Å². The molecule has 0 radical (unpaired) electrons. The summed E-state index contributed by atoms with van der Waals surface area (Å²) in [4.78, 5) is 0. The summed E-state index contributed by atoms with van der Waals surface area (Å²) in [6.45, 7) is 3.15. The van der Waals surface area contributed by atoms with Crippen molar-refractivity contribution < 1.29 is 4.74 Å². The van der Waals surface area contributed by atoms with E-state index in [2.05, 4.69) is 5.32 Å². The zero-order valence-corrected chi connectivity index (χ0v) is 4.89. The van der Waals surface area contributed by atoms with Crippen molar-refractivity contribution in [1.29, 1.82) is 0 Å². The van der Waals surface area contributed by atoms with Gasteiger partial charge in [0.25, 0.3) is 0 Å². The maximum atomic E-state index is 5.25. The van der Waals surface area contributed by atoms with E-state index in [-0.39, 0.29) is 0 Å². The molecule has 8 heavy (non-hydrogen) atoms. The first-order chi connectivity index (χ1) is 3.97. The molecule has 2 heteroatoms. The van der Waals surface area contributed by atoms with E-state index in [4.69, 9.17) is 4.74 Å². The summed E-state index contributed by atoms with van der Waals surface area (Å²) >= 11 is 0. The topological polar surface area (TPSA) is 21.3 Å². The molecule has 0 aromatic heterocycles. The van der Waals surface area contributed by atoms with Gasteiger partial charge in [-0.2, -0.15) is 0 Å². The highest BCUT2D eigenvalue weighted by Crippen LogP contribution is 2.21. The SMILES string of the molecule is C1C[C@@H]2COC[C@@H]2N1. The van der Waals surface area contributed by atoms with Crippen LogP contribution in [0.4, 0.5) is 0 Å². The van der Waals surface area contributed by atoms with Crippen LogP contribution in [0.25, 0.3) is 0 Å². The Hall–Kier alpha value is -0.0800. The summed E-state index contributed by atoms with van der Waals surface area (Å²) in [5.41, 5.74) is 0. The van der Waals surface area contributed by atoms with Gasteiger partial charge in [-0.1, -0.05) is 0 Å². The van der Waals surface area contributed by atoms with Crippen LogP contribution in [0.5, 0.6) is 0 Å². The van der Waals surface area contributed by atoms with E-state index in [1.807, 2.05) is 0 Å². The van der Waals surface area contributed by atoms with Crippen molar-refractivity contribution in [2.24, 2.45) is 5.92 Å². The van der Waals surface area contributed by atoms with E-state index in [1.165, 1.54) is 13.0 Å². The van der Waals surface area contributed by atoms with Gasteiger partial charge in [-0.05, 0) is 13.0 Å². The maximum Gasteiger partial charge on any atom is 0.0623 e. The minimum atomic E-state index is 0.704. The second-order valence-corrected chi connectivity index (χ2v) is 2.65. The Morgan fingerprint density at radius 2 is 2.38 bits per heavy atom. The van der Waals surface area contributed by atoms with Gasteiger partial charge in [0, 0.05) is 12.0 Å². The van der Waals surface area contributed by atoms with Crippen LogP contribution in [0.1, 0.15) is 6.42 Å². The largest absolute Gasteiger partial charge is 0.379 e. The van der Waals surface area contributed by atoms with Crippen LogP contribution in [0.2, 0.25) is 0 Å². The third-order valence-corrected chi connectivity index (χ3v) is 2.12. The first kappa shape index (κ1) is 4.77. The van der Waals surface area contributed by atoms with E-state index < -0.39 is 0 Å². The smallest absolute Gasteiger partial charge is 0.0623 e. The van der Waals surface area contributed by atoms with Gasteiger partial charge in [-0.3, -0.25) is 0 Å². The summed E-state index contributed by atoms with van der Waals surface area (Å²) in [6.07, 6.45) is 1.32. The standard InChI is InChI=1S/C6H11NO/c1-2-7-6-4-8-3-5(1)6/h5-7H,1-4H2/t5-,6+/m1/s1. The Labute approximate surface area is 49.2 Å². The molecule has 2 rings (SSSR count). The number of hydrogen-bond acceptors (Lipinski definition) is 2. The van der Waals surface area contributed by atoms with Crippen LogP contribution < -0.4 is 5.32 Å². The molecule has 46 valence electrons. The molecule has 2 saturated heterocycles. The van der Waals surface area contributed by atoms with Gasteiger partial charge in [0.1, 0.15) is 0 Å². The highest BCUT2D eigenvalue weighted by Gasteiger charge is 2.31. The summed E-state index contributed by atoms with van der Waals surface area (Å²) in [5, 5.41) is 3.39. The summed E-state index contributed by atoms with van der Waals surface area (Å²) < 4.78 is 5.25. The quantitative estimate of drug-likeness (QED) is 0.477. The van der Waals surface area contributed by atoms with Crippen LogP contribution in [-0.2, 0) is 4.74 Å². The third-order valence-electron chi connectivity index (χ3n) is 2.12. The fraction of sp³-hybridized carbons (Fsp3) is 1.00. The van der Waals surface area contributed by atoms with E-state index in [0.29, 0.717) is 6.04 Å². The molecule has 2 atom stereocenters. The second-order valence-electron chi connectivity index (χ2n) is 2.65. The first-order valence-corrected chi connectivity index (χ1v) is 3.28. The number of rotatable bonds is 0. The monoisotopic (exact) mass is 113 g/mol. The van der Waals surface area contributed by atoms with Gasteiger partial charge in [-0.15, -0.1) is 0 Å². The van der Waals surface area contributed by atoms with Gasteiger partial charge >= 0.3 is 0 Å². The number of fused-ring (bicyclic) bond motifs is 1. The van der Waals surface area contributed by atoms with Crippen molar-refractivity contribution in [2.75, 3.05) is 19.8 Å². The van der Waals surface area contributed by atoms with Crippen molar-refractivity contribution in [3.8, 4) is 0 Å². The van der Waals surface area contributed by atoms with Gasteiger partial charge in [0.15, 0.2) is 0 Å². The lowest BCUT2D eigenvalue weighted by Gasteiger charge is -2.02. The lowest BCUT2D eigenvalue weighted by molar-refractivity contribution is 0.177. The molecule has 2 fully saturated rings. The van der Waals surface area contributed by atoms with Gasteiger partial charge in [0.2, 0.25) is 0 Å². The maximum absolute atomic E-state index is 5.25. The fourth-order valence-corrected chi connectivity index (χ4v) is 1.56. The highest BCUT2D eigenvalue weighted by atomic mass is 16.5. The first-order valence-electron chi connectivity index (χ1n) is 3.28. The molecule has 0 amide bonds. The van der Waals surface area contributed by atoms with Crippen LogP contribution in [-0.4, -0.2) is 25.8 Å². The zero-order chi connectivity index (χ0) is 5.40. The van der Waals surface area contributed by atoms with Gasteiger partial charge in [0.05, 0.1) is 13.2 Å². The minimum absolute atomic E-state index is 0.704. The molecule has 0 aromatic carbocycles. The van der Waals surface area contributed by atoms with Crippen molar-refractivity contribution in [2.45, 2.75) is 12.5 Å². The highest BCUT2D eigenvalue weighted by molar-refractivity contribution is 4.86.